The van der Waals surface area contributed by atoms with Crippen molar-refractivity contribution in [3.05, 3.63) is 24.3 Å². The molecule has 0 saturated heterocycles. The van der Waals surface area contributed by atoms with Gasteiger partial charge in [-0.1, -0.05) is 6.07 Å². The standard InChI is InChI=1S/C12H16N2O3/c1-8(15)13-9-5-4-6-10(7-9)14-12(2,3)11(16)17/h4-7,14H,1-3H3,(H,13,15)(H,16,17). The van der Waals surface area contributed by atoms with Crippen molar-refractivity contribution in [1.29, 1.82) is 0 Å². The number of nitrogens with one attached hydrogen (secondary N) is 2. The van der Waals surface area contributed by atoms with Gasteiger partial charge in [0.25, 0.3) is 0 Å². The monoisotopic (exact) mass is 236 g/mol. The minimum atomic E-state index is -1.06. The quantitative estimate of drug-likeness (QED) is 0.746. The fourth-order valence-corrected chi connectivity index (χ4v) is 1.29. The van der Waals surface area contributed by atoms with Crippen LogP contribution in [0.5, 0.6) is 0 Å². The highest BCUT2D eigenvalue weighted by Crippen LogP contribution is 2.19. The molecular weight excluding hydrogens is 220 g/mol. The van der Waals surface area contributed by atoms with Crippen LogP contribution in [0.4, 0.5) is 11.4 Å². The molecule has 0 aliphatic rings. The van der Waals surface area contributed by atoms with Gasteiger partial charge in [0, 0.05) is 18.3 Å². The van der Waals surface area contributed by atoms with Gasteiger partial charge >= 0.3 is 5.97 Å². The Labute approximate surface area is 99.8 Å². The summed E-state index contributed by atoms with van der Waals surface area (Å²) < 4.78 is 0. The number of hydrogen-bond donors (Lipinski definition) is 3. The van der Waals surface area contributed by atoms with Crippen molar-refractivity contribution in [2.45, 2.75) is 26.3 Å². The Bertz CT molecular complexity index is 441. The molecule has 1 amide bonds. The lowest BCUT2D eigenvalue weighted by atomic mass is 10.1. The molecule has 0 bridgehead atoms. The molecular formula is C12H16N2O3. The normalized spacial score (nSPS) is 10.8. The molecule has 0 atom stereocenters. The Kier molecular flexibility index (Phi) is 3.73. The molecule has 5 heteroatoms. The molecule has 1 aromatic carbocycles. The van der Waals surface area contributed by atoms with Crippen LogP contribution >= 0.6 is 0 Å². The van der Waals surface area contributed by atoms with E-state index in [9.17, 15) is 9.59 Å². The molecule has 3 N–H and O–H groups in total. The number of carboxylic acids is 1. The topological polar surface area (TPSA) is 78.4 Å². The van der Waals surface area contributed by atoms with Gasteiger partial charge in [-0.25, -0.2) is 4.79 Å². The van der Waals surface area contributed by atoms with Crippen LogP contribution in [0.15, 0.2) is 24.3 Å². The average Bonchev–Trinajstić information content (AvgIpc) is 2.15. The van der Waals surface area contributed by atoms with Crippen LogP contribution in [0, 0.1) is 0 Å². The van der Waals surface area contributed by atoms with Crippen LogP contribution in [-0.4, -0.2) is 22.5 Å². The molecule has 0 fully saturated rings. The number of carboxylic acid groups (broad SMARTS) is 1. The minimum Gasteiger partial charge on any atom is -0.480 e. The largest absolute Gasteiger partial charge is 0.480 e. The average molecular weight is 236 g/mol. The van der Waals surface area contributed by atoms with Crippen molar-refractivity contribution < 1.29 is 14.7 Å². The lowest BCUT2D eigenvalue weighted by Crippen LogP contribution is -2.39. The summed E-state index contributed by atoms with van der Waals surface area (Å²) in [4.78, 5) is 21.8. The second-order valence-electron chi connectivity index (χ2n) is 4.32. The zero-order valence-electron chi connectivity index (χ0n) is 10.1. The molecule has 0 aliphatic heterocycles. The van der Waals surface area contributed by atoms with Gasteiger partial charge in [-0.3, -0.25) is 4.79 Å². The number of carbonyl (C=O) groups excluding carboxylic acids is 1. The van der Waals surface area contributed by atoms with E-state index < -0.39 is 11.5 Å². The zero-order valence-corrected chi connectivity index (χ0v) is 10.1. The van der Waals surface area contributed by atoms with Gasteiger partial charge in [-0.05, 0) is 32.0 Å². The SMILES string of the molecule is CC(=O)Nc1cccc(NC(C)(C)C(=O)O)c1. The van der Waals surface area contributed by atoms with Crippen LogP contribution in [-0.2, 0) is 9.59 Å². The summed E-state index contributed by atoms with van der Waals surface area (Å²) >= 11 is 0. The number of benzene rings is 1. The van der Waals surface area contributed by atoms with Gasteiger partial charge in [0.2, 0.25) is 5.91 Å². The molecule has 1 rings (SSSR count). The van der Waals surface area contributed by atoms with E-state index in [1.54, 1.807) is 38.1 Å². The van der Waals surface area contributed by atoms with E-state index in [-0.39, 0.29) is 5.91 Å². The molecule has 0 heterocycles. The van der Waals surface area contributed by atoms with Crippen LogP contribution in [0.2, 0.25) is 0 Å². The third-order valence-electron chi connectivity index (χ3n) is 2.17. The van der Waals surface area contributed by atoms with E-state index in [0.717, 1.165) is 0 Å². The summed E-state index contributed by atoms with van der Waals surface area (Å²) in [5.41, 5.74) is 0.210. The van der Waals surface area contributed by atoms with E-state index in [4.69, 9.17) is 5.11 Å². The first-order valence-corrected chi connectivity index (χ1v) is 5.20. The van der Waals surface area contributed by atoms with Crippen LogP contribution < -0.4 is 10.6 Å². The third kappa shape index (κ3) is 3.79. The Balaban J connectivity index is 2.85. The van der Waals surface area contributed by atoms with Crippen LogP contribution in [0.1, 0.15) is 20.8 Å². The van der Waals surface area contributed by atoms with Crippen molar-refractivity contribution in [1.82, 2.24) is 0 Å². The van der Waals surface area contributed by atoms with Crippen LogP contribution in [0.25, 0.3) is 0 Å². The van der Waals surface area contributed by atoms with Gasteiger partial charge < -0.3 is 15.7 Å². The first-order valence-electron chi connectivity index (χ1n) is 5.20. The van der Waals surface area contributed by atoms with Gasteiger partial charge in [0.05, 0.1) is 0 Å². The van der Waals surface area contributed by atoms with E-state index >= 15 is 0 Å². The highest BCUT2D eigenvalue weighted by Gasteiger charge is 2.26. The van der Waals surface area contributed by atoms with Crippen molar-refractivity contribution in [2.75, 3.05) is 10.6 Å². The molecule has 0 aliphatic carbocycles. The Morgan fingerprint density at radius 2 is 1.82 bits per heavy atom. The predicted octanol–water partition coefficient (Wildman–Crippen LogP) is 1.92. The second-order valence-corrected chi connectivity index (χ2v) is 4.32. The number of anilines is 2. The van der Waals surface area contributed by atoms with Gasteiger partial charge in [0.15, 0.2) is 0 Å². The fraction of sp³-hybridized carbons (Fsp3) is 0.333. The molecule has 0 spiro atoms. The molecule has 0 unspecified atom stereocenters. The molecule has 92 valence electrons. The first-order chi connectivity index (χ1) is 7.81. The molecule has 0 aromatic heterocycles. The lowest BCUT2D eigenvalue weighted by Gasteiger charge is -2.22. The molecule has 1 aromatic rings. The van der Waals surface area contributed by atoms with Crippen molar-refractivity contribution >= 4 is 23.3 Å². The number of aliphatic carboxylic acids is 1. The number of hydrogen-bond acceptors (Lipinski definition) is 3. The summed E-state index contributed by atoms with van der Waals surface area (Å²) in [5, 5.41) is 14.5. The lowest BCUT2D eigenvalue weighted by molar-refractivity contribution is -0.141. The number of rotatable bonds is 4. The highest BCUT2D eigenvalue weighted by molar-refractivity contribution is 5.89. The highest BCUT2D eigenvalue weighted by atomic mass is 16.4. The fourth-order valence-electron chi connectivity index (χ4n) is 1.29. The predicted molar refractivity (Wildman–Crippen MR) is 66.1 cm³/mol. The molecule has 17 heavy (non-hydrogen) atoms. The summed E-state index contributed by atoms with van der Waals surface area (Å²) in [7, 11) is 0. The Hall–Kier alpha value is -2.04. The van der Waals surface area contributed by atoms with E-state index in [1.807, 2.05) is 0 Å². The van der Waals surface area contributed by atoms with E-state index in [2.05, 4.69) is 10.6 Å². The van der Waals surface area contributed by atoms with E-state index in [1.165, 1.54) is 6.92 Å². The van der Waals surface area contributed by atoms with Gasteiger partial charge in [0.1, 0.15) is 5.54 Å². The van der Waals surface area contributed by atoms with E-state index in [0.29, 0.717) is 11.4 Å². The summed E-state index contributed by atoms with van der Waals surface area (Å²) in [6, 6.07) is 6.91. The van der Waals surface area contributed by atoms with Gasteiger partial charge in [-0.2, -0.15) is 0 Å². The Morgan fingerprint density at radius 3 is 2.35 bits per heavy atom. The molecule has 5 nitrogen and oxygen atoms in total. The third-order valence-corrected chi connectivity index (χ3v) is 2.17. The number of carbonyl (C=O) groups is 2. The second kappa shape index (κ2) is 4.86. The maximum atomic E-state index is 11.0. The Morgan fingerprint density at radius 1 is 1.24 bits per heavy atom. The first kappa shape index (κ1) is 13.0. The minimum absolute atomic E-state index is 0.167. The zero-order chi connectivity index (χ0) is 13.1. The van der Waals surface area contributed by atoms with Crippen LogP contribution in [0.3, 0.4) is 0 Å². The van der Waals surface area contributed by atoms with Crippen molar-refractivity contribution in [3.63, 3.8) is 0 Å². The number of amides is 1. The molecule has 0 radical (unpaired) electrons. The smallest absolute Gasteiger partial charge is 0.328 e. The van der Waals surface area contributed by atoms with Crippen molar-refractivity contribution in [3.8, 4) is 0 Å². The summed E-state index contributed by atoms with van der Waals surface area (Å²) in [6.45, 7) is 4.56. The van der Waals surface area contributed by atoms with Crippen molar-refractivity contribution in [2.24, 2.45) is 0 Å². The molecule has 0 saturated carbocycles. The maximum absolute atomic E-state index is 11.0. The van der Waals surface area contributed by atoms with Gasteiger partial charge in [-0.15, -0.1) is 0 Å². The summed E-state index contributed by atoms with van der Waals surface area (Å²) in [5.74, 6) is -1.11. The maximum Gasteiger partial charge on any atom is 0.328 e. The summed E-state index contributed by atoms with van der Waals surface area (Å²) in [6.07, 6.45) is 0.